The maximum absolute atomic E-state index is 12.5. The van der Waals surface area contributed by atoms with E-state index in [9.17, 15) is 9.90 Å². The minimum atomic E-state index is -0.241. The monoisotopic (exact) mass is 305 g/mol. The third kappa shape index (κ3) is 2.87. The standard InChI is InChI=1S/C15H19N3O2S/c1-9-3-4-21-14(9)15(20)17-13(10-5-12(19)6-10)11-7-16-18(2)8-11/h3-4,7-8,10,12-13,19H,5-6H2,1-2H3,(H,17,20)/t10?,12?,13-/m1/s1. The lowest BCUT2D eigenvalue weighted by Crippen LogP contribution is -2.41. The van der Waals surface area contributed by atoms with Gasteiger partial charge in [0.05, 0.1) is 23.2 Å². The summed E-state index contributed by atoms with van der Waals surface area (Å²) in [7, 11) is 1.86. The molecule has 2 heterocycles. The van der Waals surface area contributed by atoms with Crippen molar-refractivity contribution in [3.63, 3.8) is 0 Å². The Morgan fingerprint density at radius 3 is 2.86 bits per heavy atom. The second kappa shape index (κ2) is 5.61. The minimum absolute atomic E-state index is 0.0438. The lowest BCUT2D eigenvalue weighted by atomic mass is 9.75. The lowest BCUT2D eigenvalue weighted by Gasteiger charge is -2.37. The molecule has 112 valence electrons. The Bertz CT molecular complexity index is 643. The van der Waals surface area contributed by atoms with Gasteiger partial charge in [-0.05, 0) is 42.7 Å². The number of carbonyl (C=O) groups is 1. The van der Waals surface area contributed by atoms with E-state index in [4.69, 9.17) is 0 Å². The smallest absolute Gasteiger partial charge is 0.262 e. The lowest BCUT2D eigenvalue weighted by molar-refractivity contribution is 0.0235. The molecule has 0 radical (unpaired) electrons. The normalized spacial score (nSPS) is 22.6. The molecule has 1 fully saturated rings. The predicted octanol–water partition coefficient (Wildman–Crippen LogP) is 2.03. The van der Waals surface area contributed by atoms with Crippen molar-refractivity contribution in [1.82, 2.24) is 15.1 Å². The van der Waals surface area contributed by atoms with Crippen LogP contribution in [0.15, 0.2) is 23.8 Å². The summed E-state index contributed by atoms with van der Waals surface area (Å²) >= 11 is 1.46. The summed E-state index contributed by atoms with van der Waals surface area (Å²) in [6.07, 6.45) is 4.93. The van der Waals surface area contributed by atoms with Crippen molar-refractivity contribution in [1.29, 1.82) is 0 Å². The van der Waals surface area contributed by atoms with Crippen LogP contribution >= 0.6 is 11.3 Å². The van der Waals surface area contributed by atoms with Crippen LogP contribution in [0.25, 0.3) is 0 Å². The quantitative estimate of drug-likeness (QED) is 0.908. The highest BCUT2D eigenvalue weighted by Gasteiger charge is 2.36. The number of aryl methyl sites for hydroxylation is 2. The van der Waals surface area contributed by atoms with E-state index in [-0.39, 0.29) is 24.0 Å². The number of aliphatic hydroxyl groups excluding tert-OH is 1. The van der Waals surface area contributed by atoms with Crippen LogP contribution in [0, 0.1) is 12.8 Å². The number of aliphatic hydroxyl groups is 1. The van der Waals surface area contributed by atoms with E-state index in [0.29, 0.717) is 0 Å². The molecule has 0 spiro atoms. The summed E-state index contributed by atoms with van der Waals surface area (Å²) < 4.78 is 1.74. The number of amides is 1. The van der Waals surface area contributed by atoms with E-state index in [1.165, 1.54) is 11.3 Å². The van der Waals surface area contributed by atoms with E-state index < -0.39 is 0 Å². The van der Waals surface area contributed by atoms with Gasteiger partial charge in [-0.1, -0.05) is 0 Å². The van der Waals surface area contributed by atoms with E-state index in [1.807, 2.05) is 31.6 Å². The molecule has 21 heavy (non-hydrogen) atoms. The topological polar surface area (TPSA) is 67.2 Å². The largest absolute Gasteiger partial charge is 0.393 e. The summed E-state index contributed by atoms with van der Waals surface area (Å²) in [6, 6.07) is 1.86. The van der Waals surface area contributed by atoms with E-state index in [0.717, 1.165) is 28.8 Å². The number of aromatic nitrogens is 2. The molecule has 6 heteroatoms. The van der Waals surface area contributed by atoms with Crippen molar-refractivity contribution in [2.75, 3.05) is 0 Å². The molecule has 1 aliphatic rings. The molecule has 2 aromatic heterocycles. The van der Waals surface area contributed by atoms with Gasteiger partial charge >= 0.3 is 0 Å². The van der Waals surface area contributed by atoms with Crippen LogP contribution in [-0.4, -0.2) is 26.9 Å². The molecule has 0 aliphatic heterocycles. The Balaban J connectivity index is 1.79. The maximum atomic E-state index is 12.5. The van der Waals surface area contributed by atoms with Gasteiger partial charge in [-0.3, -0.25) is 9.48 Å². The first-order chi connectivity index (χ1) is 10.0. The Morgan fingerprint density at radius 1 is 1.57 bits per heavy atom. The zero-order valence-corrected chi connectivity index (χ0v) is 12.9. The first-order valence-electron chi connectivity index (χ1n) is 7.06. The number of rotatable bonds is 4. The molecular weight excluding hydrogens is 286 g/mol. The second-order valence-corrected chi connectivity index (χ2v) is 6.63. The zero-order valence-electron chi connectivity index (χ0n) is 12.1. The summed E-state index contributed by atoms with van der Waals surface area (Å²) in [4.78, 5) is 13.2. The SMILES string of the molecule is Cc1ccsc1C(=O)N[C@@H](c1cnn(C)c1)C1CC(O)C1. The van der Waals surface area contributed by atoms with Crippen LogP contribution < -0.4 is 5.32 Å². The van der Waals surface area contributed by atoms with Crippen LogP contribution in [0.3, 0.4) is 0 Å². The van der Waals surface area contributed by atoms with E-state index in [2.05, 4.69) is 10.4 Å². The molecule has 0 aromatic carbocycles. The third-order valence-corrected chi connectivity index (χ3v) is 5.08. The van der Waals surface area contributed by atoms with Crippen LogP contribution in [0.4, 0.5) is 0 Å². The van der Waals surface area contributed by atoms with Gasteiger partial charge in [0.25, 0.3) is 5.91 Å². The molecular formula is C15H19N3O2S. The number of carbonyl (C=O) groups excluding carboxylic acids is 1. The first-order valence-corrected chi connectivity index (χ1v) is 7.94. The summed E-state index contributed by atoms with van der Waals surface area (Å²) in [5, 5.41) is 18.8. The molecule has 0 saturated heterocycles. The van der Waals surface area contributed by atoms with E-state index in [1.54, 1.807) is 10.9 Å². The highest BCUT2D eigenvalue weighted by Crippen LogP contribution is 2.38. The van der Waals surface area contributed by atoms with Crippen molar-refractivity contribution in [3.05, 3.63) is 39.8 Å². The molecule has 5 nitrogen and oxygen atoms in total. The number of hydrogen-bond donors (Lipinski definition) is 2. The number of nitrogens with one attached hydrogen (secondary N) is 1. The van der Waals surface area contributed by atoms with Gasteiger partial charge in [-0.2, -0.15) is 5.10 Å². The van der Waals surface area contributed by atoms with E-state index >= 15 is 0 Å². The molecule has 1 aliphatic carbocycles. The number of thiophene rings is 1. The average Bonchev–Trinajstić information content (AvgIpc) is 3.01. The van der Waals surface area contributed by atoms with Gasteiger partial charge in [0.1, 0.15) is 0 Å². The van der Waals surface area contributed by atoms with Gasteiger partial charge in [0, 0.05) is 18.8 Å². The Kier molecular flexibility index (Phi) is 3.82. The second-order valence-electron chi connectivity index (χ2n) is 5.72. The molecule has 1 amide bonds. The maximum Gasteiger partial charge on any atom is 0.262 e. The van der Waals surface area contributed by atoms with Crippen molar-refractivity contribution in [3.8, 4) is 0 Å². The summed E-state index contributed by atoms with van der Waals surface area (Å²) in [5.74, 6) is 0.228. The fraction of sp³-hybridized carbons (Fsp3) is 0.467. The molecule has 3 rings (SSSR count). The van der Waals surface area contributed by atoms with Crippen LogP contribution in [0.5, 0.6) is 0 Å². The fourth-order valence-corrected chi connectivity index (χ4v) is 3.62. The molecule has 1 atom stereocenters. The van der Waals surface area contributed by atoms with Crippen molar-refractivity contribution < 1.29 is 9.90 Å². The highest BCUT2D eigenvalue weighted by atomic mass is 32.1. The van der Waals surface area contributed by atoms with Gasteiger partial charge in [0.15, 0.2) is 0 Å². The fourth-order valence-electron chi connectivity index (χ4n) is 2.79. The minimum Gasteiger partial charge on any atom is -0.393 e. The van der Waals surface area contributed by atoms with Crippen molar-refractivity contribution >= 4 is 17.2 Å². The van der Waals surface area contributed by atoms with Gasteiger partial charge in [-0.25, -0.2) is 0 Å². The van der Waals surface area contributed by atoms with Gasteiger partial charge in [0.2, 0.25) is 0 Å². The van der Waals surface area contributed by atoms with Gasteiger partial charge < -0.3 is 10.4 Å². The highest BCUT2D eigenvalue weighted by molar-refractivity contribution is 7.12. The third-order valence-electron chi connectivity index (χ3n) is 4.06. The van der Waals surface area contributed by atoms with Crippen LogP contribution in [0.2, 0.25) is 0 Å². The zero-order chi connectivity index (χ0) is 15.0. The first kappa shape index (κ1) is 14.3. The molecule has 2 N–H and O–H groups in total. The van der Waals surface area contributed by atoms with Crippen LogP contribution in [-0.2, 0) is 7.05 Å². The summed E-state index contributed by atoms with van der Waals surface area (Å²) in [5.41, 5.74) is 1.99. The summed E-state index contributed by atoms with van der Waals surface area (Å²) in [6.45, 7) is 1.94. The molecule has 1 saturated carbocycles. The molecule has 0 bridgehead atoms. The Labute approximate surface area is 127 Å². The van der Waals surface area contributed by atoms with Crippen LogP contribution in [0.1, 0.15) is 39.7 Å². The Hall–Kier alpha value is -1.66. The van der Waals surface area contributed by atoms with Gasteiger partial charge in [-0.15, -0.1) is 11.3 Å². The average molecular weight is 305 g/mol. The van der Waals surface area contributed by atoms with Crippen molar-refractivity contribution in [2.45, 2.75) is 31.9 Å². The number of nitrogens with zero attached hydrogens (tertiary/aromatic N) is 2. The predicted molar refractivity (Wildman–Crippen MR) is 81.2 cm³/mol. The van der Waals surface area contributed by atoms with Crippen molar-refractivity contribution in [2.24, 2.45) is 13.0 Å². The number of hydrogen-bond acceptors (Lipinski definition) is 4. The Morgan fingerprint density at radius 2 is 2.33 bits per heavy atom. The molecule has 2 aromatic rings. The molecule has 0 unspecified atom stereocenters.